The molecule has 1 aromatic rings. The molecule has 1 N–H and O–H groups in total. The number of halogens is 1. The molecule has 5 heteroatoms. The van der Waals surface area contributed by atoms with E-state index >= 15 is 0 Å². The van der Waals surface area contributed by atoms with E-state index in [2.05, 4.69) is 5.32 Å². The van der Waals surface area contributed by atoms with Crippen LogP contribution in [0.3, 0.4) is 0 Å². The van der Waals surface area contributed by atoms with E-state index in [1.165, 1.54) is 0 Å². The topological polar surface area (TPSA) is 41.6 Å². The Hall–Kier alpha value is -1.10. The van der Waals surface area contributed by atoms with E-state index in [0.29, 0.717) is 6.04 Å². The Morgan fingerprint density at radius 2 is 1.90 bits per heavy atom. The molecular formula is C15H23ClN2O2. The molecule has 0 radical (unpaired) electrons. The summed E-state index contributed by atoms with van der Waals surface area (Å²) in [5, 5.41) is 3.27. The molecule has 1 saturated heterocycles. The van der Waals surface area contributed by atoms with E-state index in [4.69, 9.17) is 4.74 Å². The van der Waals surface area contributed by atoms with Crippen LogP contribution in [-0.2, 0) is 9.53 Å². The van der Waals surface area contributed by atoms with Crippen LogP contribution in [0.15, 0.2) is 30.3 Å². The van der Waals surface area contributed by atoms with Crippen LogP contribution in [0.1, 0.15) is 24.5 Å². The molecule has 0 saturated carbocycles. The molecule has 0 spiro atoms. The van der Waals surface area contributed by atoms with Crippen LogP contribution in [0, 0.1) is 0 Å². The molecule has 1 unspecified atom stereocenters. The van der Waals surface area contributed by atoms with Gasteiger partial charge in [-0.25, -0.2) is 0 Å². The summed E-state index contributed by atoms with van der Waals surface area (Å²) < 4.78 is 5.40. The minimum atomic E-state index is -0.479. The van der Waals surface area contributed by atoms with Crippen LogP contribution in [0.5, 0.6) is 0 Å². The number of hydrogen-bond acceptors (Lipinski definition) is 3. The van der Waals surface area contributed by atoms with Crippen LogP contribution in [-0.4, -0.2) is 44.1 Å². The van der Waals surface area contributed by atoms with Crippen molar-refractivity contribution in [2.24, 2.45) is 0 Å². The van der Waals surface area contributed by atoms with E-state index in [1.54, 1.807) is 7.11 Å². The van der Waals surface area contributed by atoms with Crippen molar-refractivity contribution in [2.75, 3.05) is 27.2 Å². The first-order chi connectivity index (χ1) is 9.26. The molecule has 1 amide bonds. The Labute approximate surface area is 126 Å². The van der Waals surface area contributed by atoms with Gasteiger partial charge < -0.3 is 15.0 Å². The summed E-state index contributed by atoms with van der Waals surface area (Å²) >= 11 is 0. The number of amides is 1. The number of hydrogen-bond donors (Lipinski definition) is 1. The van der Waals surface area contributed by atoms with Gasteiger partial charge in [-0.15, -0.1) is 12.4 Å². The monoisotopic (exact) mass is 298 g/mol. The Kier molecular flexibility index (Phi) is 6.99. The summed E-state index contributed by atoms with van der Waals surface area (Å²) in [6.45, 7) is 1.61. The SMILES string of the molecule is CNC1CCN(C(=O)C(OC)c2ccccc2)CC1.Cl. The van der Waals surface area contributed by atoms with Gasteiger partial charge in [-0.05, 0) is 25.5 Å². The number of methoxy groups -OCH3 is 1. The number of ether oxygens (including phenoxy) is 1. The van der Waals surface area contributed by atoms with Gasteiger partial charge in [0.25, 0.3) is 5.91 Å². The van der Waals surface area contributed by atoms with E-state index < -0.39 is 6.10 Å². The zero-order valence-electron chi connectivity index (χ0n) is 12.0. The number of carbonyl (C=O) groups excluding carboxylic acids is 1. The Balaban J connectivity index is 0.00000200. The summed E-state index contributed by atoms with van der Waals surface area (Å²) in [4.78, 5) is 14.4. The van der Waals surface area contributed by atoms with E-state index in [1.807, 2.05) is 42.3 Å². The van der Waals surface area contributed by atoms with Crippen molar-refractivity contribution in [2.45, 2.75) is 25.0 Å². The van der Waals surface area contributed by atoms with Crippen molar-refractivity contribution >= 4 is 18.3 Å². The van der Waals surface area contributed by atoms with Gasteiger partial charge in [-0.3, -0.25) is 4.79 Å². The van der Waals surface area contributed by atoms with Crippen molar-refractivity contribution in [1.82, 2.24) is 10.2 Å². The molecule has 1 aliphatic rings. The third-order valence-electron chi connectivity index (χ3n) is 3.78. The van der Waals surface area contributed by atoms with Gasteiger partial charge in [0.2, 0.25) is 0 Å². The van der Waals surface area contributed by atoms with Crippen molar-refractivity contribution in [3.05, 3.63) is 35.9 Å². The molecule has 1 heterocycles. The highest BCUT2D eigenvalue weighted by Gasteiger charge is 2.28. The van der Waals surface area contributed by atoms with Gasteiger partial charge in [0, 0.05) is 26.2 Å². The molecule has 112 valence electrons. The van der Waals surface area contributed by atoms with Gasteiger partial charge in [0.15, 0.2) is 6.10 Å². The predicted molar refractivity (Wildman–Crippen MR) is 82.1 cm³/mol. The summed E-state index contributed by atoms with van der Waals surface area (Å²) in [6, 6.07) is 10.2. The van der Waals surface area contributed by atoms with Gasteiger partial charge in [0.05, 0.1) is 0 Å². The summed E-state index contributed by atoms with van der Waals surface area (Å²) in [6.07, 6.45) is 1.54. The third kappa shape index (κ3) is 3.95. The first-order valence-corrected chi connectivity index (χ1v) is 6.80. The fraction of sp³-hybridized carbons (Fsp3) is 0.533. The molecule has 1 fully saturated rings. The standard InChI is InChI=1S/C15H22N2O2.ClH/c1-16-13-8-10-17(11-9-13)15(18)14(19-2)12-6-4-3-5-7-12;/h3-7,13-14,16H,8-11H2,1-2H3;1H. The third-order valence-corrected chi connectivity index (χ3v) is 3.78. The summed E-state index contributed by atoms with van der Waals surface area (Å²) in [5.41, 5.74) is 0.922. The molecule has 2 rings (SSSR count). The Morgan fingerprint density at radius 1 is 1.30 bits per heavy atom. The van der Waals surface area contributed by atoms with Crippen LogP contribution < -0.4 is 5.32 Å². The number of nitrogens with zero attached hydrogens (tertiary/aromatic N) is 1. The molecule has 0 bridgehead atoms. The lowest BCUT2D eigenvalue weighted by Crippen LogP contribution is -2.45. The zero-order valence-corrected chi connectivity index (χ0v) is 12.9. The average Bonchev–Trinajstić information content (AvgIpc) is 2.49. The van der Waals surface area contributed by atoms with Crippen LogP contribution >= 0.6 is 12.4 Å². The number of carbonyl (C=O) groups is 1. The van der Waals surface area contributed by atoms with Gasteiger partial charge in [-0.2, -0.15) is 0 Å². The zero-order chi connectivity index (χ0) is 13.7. The fourth-order valence-electron chi connectivity index (χ4n) is 2.56. The van der Waals surface area contributed by atoms with E-state index in [9.17, 15) is 4.79 Å². The molecule has 1 aliphatic heterocycles. The number of likely N-dealkylation sites (tertiary alicyclic amines) is 1. The lowest BCUT2D eigenvalue weighted by molar-refractivity contribution is -0.143. The summed E-state index contributed by atoms with van der Waals surface area (Å²) in [5.74, 6) is 0.0725. The van der Waals surface area contributed by atoms with Crippen LogP contribution in [0.4, 0.5) is 0 Å². The highest BCUT2D eigenvalue weighted by molar-refractivity contribution is 5.85. The number of nitrogens with one attached hydrogen (secondary N) is 1. The molecule has 4 nitrogen and oxygen atoms in total. The molecular weight excluding hydrogens is 276 g/mol. The first-order valence-electron chi connectivity index (χ1n) is 6.80. The molecule has 0 aromatic heterocycles. The van der Waals surface area contributed by atoms with E-state index in [-0.39, 0.29) is 18.3 Å². The van der Waals surface area contributed by atoms with Gasteiger partial charge in [-0.1, -0.05) is 30.3 Å². The Morgan fingerprint density at radius 3 is 2.40 bits per heavy atom. The lowest BCUT2D eigenvalue weighted by atomic mass is 10.0. The predicted octanol–water partition coefficient (Wildman–Crippen LogP) is 2.01. The van der Waals surface area contributed by atoms with Crippen molar-refractivity contribution in [3.63, 3.8) is 0 Å². The second-order valence-electron chi connectivity index (χ2n) is 4.91. The highest BCUT2D eigenvalue weighted by Crippen LogP contribution is 2.21. The molecule has 1 aromatic carbocycles. The van der Waals surface area contributed by atoms with Gasteiger partial charge >= 0.3 is 0 Å². The lowest BCUT2D eigenvalue weighted by Gasteiger charge is -2.33. The number of piperidine rings is 1. The molecule has 1 atom stereocenters. The fourth-order valence-corrected chi connectivity index (χ4v) is 2.56. The number of rotatable bonds is 4. The maximum Gasteiger partial charge on any atom is 0.256 e. The molecule has 0 aliphatic carbocycles. The Bertz CT molecular complexity index is 406. The van der Waals surface area contributed by atoms with Crippen molar-refractivity contribution < 1.29 is 9.53 Å². The maximum atomic E-state index is 12.5. The second kappa shape index (κ2) is 8.25. The van der Waals surface area contributed by atoms with Crippen LogP contribution in [0.2, 0.25) is 0 Å². The van der Waals surface area contributed by atoms with Crippen LogP contribution in [0.25, 0.3) is 0 Å². The number of benzene rings is 1. The molecule has 20 heavy (non-hydrogen) atoms. The maximum absolute atomic E-state index is 12.5. The van der Waals surface area contributed by atoms with Crippen molar-refractivity contribution in [3.8, 4) is 0 Å². The minimum Gasteiger partial charge on any atom is -0.367 e. The van der Waals surface area contributed by atoms with E-state index in [0.717, 1.165) is 31.5 Å². The quantitative estimate of drug-likeness (QED) is 0.924. The average molecular weight is 299 g/mol. The normalized spacial score (nSPS) is 17.4. The second-order valence-corrected chi connectivity index (χ2v) is 4.91. The highest BCUT2D eigenvalue weighted by atomic mass is 35.5. The first kappa shape index (κ1) is 17.0. The van der Waals surface area contributed by atoms with Gasteiger partial charge in [0.1, 0.15) is 0 Å². The minimum absolute atomic E-state index is 0. The van der Waals surface area contributed by atoms with Crippen molar-refractivity contribution in [1.29, 1.82) is 0 Å². The largest absolute Gasteiger partial charge is 0.367 e. The smallest absolute Gasteiger partial charge is 0.256 e. The summed E-state index contributed by atoms with van der Waals surface area (Å²) in [7, 11) is 3.57.